The van der Waals surface area contributed by atoms with Crippen LogP contribution in [0.25, 0.3) is 5.65 Å². The van der Waals surface area contributed by atoms with E-state index in [1.54, 1.807) is 39.0 Å². The first kappa shape index (κ1) is 33.4. The molecule has 6 rings (SSSR count). The molecule has 0 amide bonds. The average Bonchev–Trinajstić information content (AvgIpc) is 3.46. The van der Waals surface area contributed by atoms with Crippen molar-refractivity contribution in [1.82, 2.24) is 23.9 Å². The highest BCUT2D eigenvalue weighted by Gasteiger charge is 2.43. The number of carbonyl (C=O) groups is 1. The van der Waals surface area contributed by atoms with Crippen LogP contribution in [0.4, 0.5) is 19.0 Å². The number of fused-ring (bicyclic) bond motifs is 4. The van der Waals surface area contributed by atoms with E-state index in [9.17, 15) is 36.8 Å². The molecule has 0 bridgehead atoms. The number of carboxylic acid groups (broad SMARTS) is 1. The molecule has 11 nitrogen and oxygen atoms in total. The summed E-state index contributed by atoms with van der Waals surface area (Å²) in [5.41, 5.74) is 1.39. The molecule has 1 fully saturated rings. The highest BCUT2D eigenvalue weighted by molar-refractivity contribution is 7.89. The maximum Gasteiger partial charge on any atom is 0.452 e. The lowest BCUT2D eigenvalue weighted by Crippen LogP contribution is -2.45. The van der Waals surface area contributed by atoms with Crippen LogP contribution in [0.1, 0.15) is 78.2 Å². The van der Waals surface area contributed by atoms with Gasteiger partial charge in [0.15, 0.2) is 5.65 Å². The molecule has 48 heavy (non-hydrogen) atoms. The minimum absolute atomic E-state index is 0.0277. The van der Waals surface area contributed by atoms with Gasteiger partial charge in [-0.1, -0.05) is 18.2 Å². The van der Waals surface area contributed by atoms with Crippen LogP contribution in [0.2, 0.25) is 0 Å². The summed E-state index contributed by atoms with van der Waals surface area (Å²) in [5.74, 6) is -2.84. The van der Waals surface area contributed by atoms with Crippen molar-refractivity contribution in [3.8, 4) is 6.07 Å². The Morgan fingerprint density at radius 1 is 1.15 bits per heavy atom. The zero-order valence-corrected chi connectivity index (χ0v) is 27.6. The largest absolute Gasteiger partial charge is 0.481 e. The van der Waals surface area contributed by atoms with Gasteiger partial charge in [-0.25, -0.2) is 13.4 Å². The van der Waals surface area contributed by atoms with Gasteiger partial charge in [-0.2, -0.15) is 22.7 Å². The Balaban J connectivity index is 1.46. The zero-order chi connectivity index (χ0) is 34.8. The molecule has 5 heterocycles. The minimum atomic E-state index is -4.74. The zero-order valence-electron chi connectivity index (χ0n) is 26.8. The van der Waals surface area contributed by atoms with Crippen LogP contribution in [0, 0.1) is 30.6 Å². The van der Waals surface area contributed by atoms with E-state index in [1.165, 1.54) is 28.8 Å². The van der Waals surface area contributed by atoms with Gasteiger partial charge < -0.3 is 10.0 Å². The molecule has 0 radical (unpaired) electrons. The Bertz CT molecular complexity index is 2090. The normalized spacial score (nSPS) is 18.9. The third-order valence-electron chi connectivity index (χ3n) is 9.65. The van der Waals surface area contributed by atoms with Crippen LogP contribution in [0.3, 0.4) is 0 Å². The first-order valence-corrected chi connectivity index (χ1v) is 16.9. The van der Waals surface area contributed by atoms with Gasteiger partial charge in [-0.05, 0) is 86.9 Å². The van der Waals surface area contributed by atoms with E-state index < -0.39 is 39.3 Å². The number of aryl methyl sites for hydroxylation is 2. The molecule has 0 spiro atoms. The van der Waals surface area contributed by atoms with Crippen LogP contribution < -0.4 is 4.90 Å². The first-order chi connectivity index (χ1) is 22.5. The molecule has 1 N–H and O–H groups in total. The predicted molar refractivity (Wildman–Crippen MR) is 169 cm³/mol. The molecule has 2 atom stereocenters. The Morgan fingerprint density at radius 2 is 1.90 bits per heavy atom. The SMILES string of the molecule is Cc1ccc([C@H](c2ccn3c(C(F)(F)F)nnc3c2C)C(C)(C)C(=O)O)cc1CN1C[C@H]2CCCCN2c2ncc(C#N)cc2S1(=O)=O. The molecule has 15 heteroatoms. The van der Waals surface area contributed by atoms with Crippen molar-refractivity contribution in [2.45, 2.75) is 76.5 Å². The smallest absolute Gasteiger partial charge is 0.452 e. The fourth-order valence-corrected chi connectivity index (χ4v) is 8.57. The van der Waals surface area contributed by atoms with Gasteiger partial charge in [-0.15, -0.1) is 10.2 Å². The van der Waals surface area contributed by atoms with E-state index in [4.69, 9.17) is 0 Å². The summed E-state index contributed by atoms with van der Waals surface area (Å²) < 4.78 is 71.6. The fourth-order valence-electron chi connectivity index (χ4n) is 6.94. The molecule has 2 aliphatic rings. The number of piperidine rings is 1. The molecule has 252 valence electrons. The standard InChI is InChI=1S/C33H34F3N7O4S/c1-19-8-9-22(27(32(3,4)31(44)45)25-10-12-43-28(20(25)2)39-40-30(43)33(34,35)36)14-23(19)17-41-18-24-7-5-6-11-42(24)29-26(48(41,46)47)13-21(15-37)16-38-29/h8-10,12-14,16,24,27H,5-7,11,17-18H2,1-4H3,(H,44,45)/t24-,27-/m1/s1. The average molecular weight is 682 g/mol. The number of anilines is 1. The van der Waals surface area contributed by atoms with E-state index in [1.807, 2.05) is 17.9 Å². The van der Waals surface area contributed by atoms with Crippen molar-refractivity contribution >= 4 is 27.5 Å². The van der Waals surface area contributed by atoms with Crippen molar-refractivity contribution in [1.29, 1.82) is 5.26 Å². The number of nitriles is 1. The lowest BCUT2D eigenvalue weighted by molar-refractivity contribution is -0.147. The number of sulfonamides is 1. The van der Waals surface area contributed by atoms with Gasteiger partial charge >= 0.3 is 12.1 Å². The Hall–Kier alpha value is -4.55. The van der Waals surface area contributed by atoms with E-state index in [-0.39, 0.29) is 35.2 Å². The fraction of sp³-hybridized carbons (Fsp3) is 0.424. The van der Waals surface area contributed by atoms with Crippen LogP contribution in [0.5, 0.6) is 0 Å². The number of pyridine rings is 2. The maximum atomic E-state index is 14.3. The third-order valence-corrected chi connectivity index (χ3v) is 11.5. The number of rotatable bonds is 6. The van der Waals surface area contributed by atoms with Crippen molar-refractivity contribution < 1.29 is 31.5 Å². The number of hydrogen-bond acceptors (Lipinski definition) is 8. The van der Waals surface area contributed by atoms with Gasteiger partial charge in [0, 0.05) is 44.0 Å². The molecule has 4 aromatic rings. The summed E-state index contributed by atoms with van der Waals surface area (Å²) in [7, 11) is -4.12. The second-order valence-electron chi connectivity index (χ2n) is 13.1. The quantitative estimate of drug-likeness (QED) is 0.281. The summed E-state index contributed by atoms with van der Waals surface area (Å²) in [4.78, 5) is 19.1. The summed E-state index contributed by atoms with van der Waals surface area (Å²) >= 11 is 0. The van der Waals surface area contributed by atoms with Crippen LogP contribution in [-0.4, -0.2) is 62.5 Å². The van der Waals surface area contributed by atoms with E-state index in [2.05, 4.69) is 15.2 Å². The summed E-state index contributed by atoms with van der Waals surface area (Å²) in [6.45, 7) is 7.31. The second kappa shape index (κ2) is 11.9. The van der Waals surface area contributed by atoms with Crippen molar-refractivity contribution in [3.05, 3.63) is 81.9 Å². The molecule has 0 aliphatic carbocycles. The number of nitrogens with zero attached hydrogens (tertiary/aromatic N) is 7. The van der Waals surface area contributed by atoms with Gasteiger partial charge in [-0.3, -0.25) is 9.20 Å². The van der Waals surface area contributed by atoms with Crippen molar-refractivity contribution in [2.75, 3.05) is 18.0 Å². The summed E-state index contributed by atoms with van der Waals surface area (Å²) in [6.07, 6.45) is 0.422. The highest BCUT2D eigenvalue weighted by Crippen LogP contribution is 2.44. The van der Waals surface area contributed by atoms with Crippen molar-refractivity contribution in [2.24, 2.45) is 5.41 Å². The molecular formula is C33H34F3N7O4S. The lowest BCUT2D eigenvalue weighted by atomic mass is 9.70. The number of carboxylic acids is 1. The van der Waals surface area contributed by atoms with Gasteiger partial charge in [0.1, 0.15) is 16.8 Å². The highest BCUT2D eigenvalue weighted by atomic mass is 32.2. The number of benzene rings is 1. The topological polar surface area (TPSA) is 145 Å². The molecule has 0 saturated carbocycles. The molecule has 0 unspecified atom stereocenters. The molecule has 1 aromatic carbocycles. The van der Waals surface area contributed by atoms with Gasteiger partial charge in [0.25, 0.3) is 0 Å². The van der Waals surface area contributed by atoms with Crippen molar-refractivity contribution in [3.63, 3.8) is 0 Å². The number of hydrogen-bond donors (Lipinski definition) is 1. The lowest BCUT2D eigenvalue weighted by Gasteiger charge is -2.36. The molecule has 3 aromatic heterocycles. The number of halogens is 3. The Labute approximate surface area is 275 Å². The third kappa shape index (κ3) is 5.56. The molecule has 1 saturated heterocycles. The van der Waals surface area contributed by atoms with Gasteiger partial charge in [0.2, 0.25) is 15.8 Å². The minimum Gasteiger partial charge on any atom is -0.481 e. The first-order valence-electron chi connectivity index (χ1n) is 15.5. The number of aromatic nitrogens is 4. The Kier molecular flexibility index (Phi) is 8.23. The molecule has 2 aliphatic heterocycles. The number of aliphatic carboxylic acids is 1. The number of alkyl halides is 3. The van der Waals surface area contributed by atoms with Crippen LogP contribution >= 0.6 is 0 Å². The Morgan fingerprint density at radius 3 is 2.58 bits per heavy atom. The van der Waals surface area contributed by atoms with E-state index >= 15 is 0 Å². The second-order valence-corrected chi connectivity index (χ2v) is 15.0. The maximum absolute atomic E-state index is 14.3. The molecular weight excluding hydrogens is 647 g/mol. The van der Waals surface area contributed by atoms with E-state index in [0.29, 0.717) is 34.6 Å². The summed E-state index contributed by atoms with van der Waals surface area (Å²) in [6, 6.07) is 10.0. The van der Waals surface area contributed by atoms with E-state index in [0.717, 1.165) is 29.2 Å². The van der Waals surface area contributed by atoms with Crippen LogP contribution in [0.15, 0.2) is 47.6 Å². The monoisotopic (exact) mass is 681 g/mol. The predicted octanol–water partition coefficient (Wildman–Crippen LogP) is 5.44. The van der Waals surface area contributed by atoms with Crippen LogP contribution in [-0.2, 0) is 27.5 Å². The summed E-state index contributed by atoms with van der Waals surface area (Å²) in [5, 5.41) is 27.0. The van der Waals surface area contributed by atoms with Gasteiger partial charge in [0.05, 0.1) is 11.0 Å².